The Labute approximate surface area is 149 Å². The fourth-order valence-electron chi connectivity index (χ4n) is 2.77. The molecule has 2 amide bonds. The predicted molar refractivity (Wildman–Crippen MR) is 91.1 cm³/mol. The van der Waals surface area contributed by atoms with Gasteiger partial charge in [0, 0.05) is 32.6 Å². The molecule has 2 heterocycles. The fraction of sp³-hybridized carbons (Fsp3) is 0.438. The fourth-order valence-corrected chi connectivity index (χ4v) is 2.77. The lowest BCUT2D eigenvalue weighted by Crippen LogP contribution is -2.37. The molecule has 0 aromatic heterocycles. The highest BCUT2D eigenvalue weighted by Crippen LogP contribution is 2.31. The number of cyclic esters (lactones) is 1. The van der Waals surface area contributed by atoms with Crippen molar-refractivity contribution in [3.05, 3.63) is 23.8 Å². The molecule has 0 saturated carbocycles. The van der Waals surface area contributed by atoms with Crippen LogP contribution in [0.2, 0.25) is 0 Å². The molecule has 8 nitrogen and oxygen atoms in total. The normalized spacial score (nSPS) is 19.8. The summed E-state index contributed by atoms with van der Waals surface area (Å²) in [5, 5.41) is 8.21. The monoisotopic (exact) mass is 367 g/mol. The van der Waals surface area contributed by atoms with Crippen molar-refractivity contribution >= 4 is 29.7 Å². The standard InChI is InChI=1S/C16H19F2N5O3/c1-10(24)19-7-12-8-23(16(25)26-12)11-5-13(17)15(14(18)6-11)22-4-3-21(2)20-9-22/h5-6,9,12H,3-4,7-8H2,1-2H3,(H,19,24). The number of nitrogens with one attached hydrogen (secondary N) is 1. The maximum Gasteiger partial charge on any atom is 0.414 e. The molecule has 2 aliphatic heterocycles. The molecule has 1 atom stereocenters. The molecule has 26 heavy (non-hydrogen) atoms. The summed E-state index contributed by atoms with van der Waals surface area (Å²) in [6.45, 7) is 2.49. The summed E-state index contributed by atoms with van der Waals surface area (Å²) in [6.07, 6.45) is 0.0631. The molecular weight excluding hydrogens is 348 g/mol. The van der Waals surface area contributed by atoms with E-state index in [0.29, 0.717) is 13.1 Å². The maximum absolute atomic E-state index is 14.5. The third kappa shape index (κ3) is 3.68. The molecule has 0 bridgehead atoms. The summed E-state index contributed by atoms with van der Waals surface area (Å²) in [5.74, 6) is -1.85. The zero-order valence-electron chi connectivity index (χ0n) is 14.4. The van der Waals surface area contributed by atoms with E-state index in [1.165, 1.54) is 18.2 Å². The Morgan fingerprint density at radius 1 is 1.35 bits per heavy atom. The number of ether oxygens (including phenoxy) is 1. The van der Waals surface area contributed by atoms with E-state index < -0.39 is 23.8 Å². The quantitative estimate of drug-likeness (QED) is 0.863. The second-order valence-electron chi connectivity index (χ2n) is 6.12. The molecule has 1 aromatic rings. The van der Waals surface area contributed by atoms with Crippen molar-refractivity contribution in [3.8, 4) is 0 Å². The van der Waals surface area contributed by atoms with E-state index in [1.54, 1.807) is 12.1 Å². The minimum atomic E-state index is -0.797. The summed E-state index contributed by atoms with van der Waals surface area (Å²) >= 11 is 0. The number of benzene rings is 1. The molecule has 10 heteroatoms. The van der Waals surface area contributed by atoms with Gasteiger partial charge in [-0.05, 0) is 0 Å². The highest BCUT2D eigenvalue weighted by molar-refractivity contribution is 5.90. The zero-order chi connectivity index (χ0) is 18.8. The lowest BCUT2D eigenvalue weighted by atomic mass is 10.2. The molecule has 1 N–H and O–H groups in total. The number of hydrogen-bond donors (Lipinski definition) is 1. The molecule has 1 unspecified atom stereocenters. The molecule has 0 spiro atoms. The van der Waals surface area contributed by atoms with Crippen LogP contribution in [0, 0.1) is 11.6 Å². The molecule has 1 aromatic carbocycles. The minimum absolute atomic E-state index is 0.0603. The van der Waals surface area contributed by atoms with Crippen LogP contribution in [0.5, 0.6) is 0 Å². The Morgan fingerprint density at radius 2 is 2.04 bits per heavy atom. The highest BCUT2D eigenvalue weighted by atomic mass is 19.1. The van der Waals surface area contributed by atoms with Gasteiger partial charge in [0.15, 0.2) is 11.6 Å². The molecule has 0 aliphatic carbocycles. The average Bonchev–Trinajstić information content (AvgIpc) is 2.95. The highest BCUT2D eigenvalue weighted by Gasteiger charge is 2.33. The number of halogens is 2. The van der Waals surface area contributed by atoms with Crippen molar-refractivity contribution in [2.24, 2.45) is 5.10 Å². The number of likely N-dealkylation sites (N-methyl/N-ethyl adjacent to an activating group) is 1. The van der Waals surface area contributed by atoms with Gasteiger partial charge in [-0.1, -0.05) is 0 Å². The predicted octanol–water partition coefficient (Wildman–Crippen LogP) is 1.12. The van der Waals surface area contributed by atoms with E-state index in [0.717, 1.165) is 17.0 Å². The van der Waals surface area contributed by atoms with E-state index >= 15 is 0 Å². The molecule has 1 fully saturated rings. The maximum atomic E-state index is 14.5. The number of rotatable bonds is 4. The molecule has 140 valence electrons. The second-order valence-corrected chi connectivity index (χ2v) is 6.12. The van der Waals surface area contributed by atoms with Crippen molar-refractivity contribution < 1.29 is 23.1 Å². The van der Waals surface area contributed by atoms with Crippen molar-refractivity contribution in [2.45, 2.75) is 13.0 Å². The summed E-state index contributed by atoms with van der Waals surface area (Å²) < 4.78 is 34.2. The van der Waals surface area contributed by atoms with E-state index in [-0.39, 0.29) is 30.4 Å². The number of hydrazone groups is 1. The summed E-state index contributed by atoms with van der Waals surface area (Å²) in [4.78, 5) is 25.5. The first kappa shape index (κ1) is 17.9. The van der Waals surface area contributed by atoms with Gasteiger partial charge in [-0.25, -0.2) is 13.6 Å². The van der Waals surface area contributed by atoms with Crippen LogP contribution in [-0.4, -0.2) is 62.7 Å². The first-order valence-corrected chi connectivity index (χ1v) is 8.08. The van der Waals surface area contributed by atoms with Crippen LogP contribution in [0.4, 0.5) is 25.0 Å². The molecule has 2 aliphatic rings. The van der Waals surface area contributed by atoms with Crippen molar-refractivity contribution in [1.82, 2.24) is 10.3 Å². The zero-order valence-corrected chi connectivity index (χ0v) is 14.4. The van der Waals surface area contributed by atoms with E-state index in [4.69, 9.17) is 4.74 Å². The number of anilines is 2. The topological polar surface area (TPSA) is 77.5 Å². The van der Waals surface area contributed by atoms with Gasteiger partial charge >= 0.3 is 6.09 Å². The third-order valence-corrected chi connectivity index (χ3v) is 4.11. The van der Waals surface area contributed by atoms with Gasteiger partial charge in [0.25, 0.3) is 0 Å². The van der Waals surface area contributed by atoms with Crippen molar-refractivity contribution in [3.63, 3.8) is 0 Å². The summed E-state index contributed by atoms with van der Waals surface area (Å²) in [7, 11) is 1.76. The SMILES string of the molecule is CC(=O)NCC1CN(c2cc(F)c(N3C=NN(C)CC3)c(F)c2)C(=O)O1. The summed E-state index contributed by atoms with van der Waals surface area (Å²) in [6, 6.07) is 2.18. The van der Waals surface area contributed by atoms with Gasteiger partial charge < -0.3 is 15.0 Å². The number of nitrogens with zero attached hydrogens (tertiary/aromatic N) is 4. The van der Waals surface area contributed by atoms with Crippen LogP contribution in [0.25, 0.3) is 0 Å². The van der Waals surface area contributed by atoms with Crippen LogP contribution in [0.15, 0.2) is 17.2 Å². The summed E-state index contributed by atoms with van der Waals surface area (Å²) in [5.41, 5.74) is -0.155. The lowest BCUT2D eigenvalue weighted by Gasteiger charge is -2.28. The Balaban J connectivity index is 1.78. The van der Waals surface area contributed by atoms with Crippen LogP contribution >= 0.6 is 0 Å². The van der Waals surface area contributed by atoms with Gasteiger partial charge in [-0.15, -0.1) is 0 Å². The first-order valence-electron chi connectivity index (χ1n) is 8.08. The molecule has 1 saturated heterocycles. The number of carbonyl (C=O) groups excluding carboxylic acids is 2. The van der Waals surface area contributed by atoms with Gasteiger partial charge in [-0.3, -0.25) is 14.7 Å². The van der Waals surface area contributed by atoms with Crippen molar-refractivity contribution in [1.29, 1.82) is 0 Å². The smallest absolute Gasteiger partial charge is 0.414 e. The lowest BCUT2D eigenvalue weighted by molar-refractivity contribution is -0.119. The Hall–Kier alpha value is -2.91. The number of hydrogen-bond acceptors (Lipinski definition) is 6. The van der Waals surface area contributed by atoms with E-state index in [2.05, 4.69) is 10.4 Å². The van der Waals surface area contributed by atoms with Crippen molar-refractivity contribution in [2.75, 3.05) is 43.0 Å². The average molecular weight is 367 g/mol. The van der Waals surface area contributed by atoms with Crippen LogP contribution in [0.3, 0.4) is 0 Å². The Morgan fingerprint density at radius 3 is 2.62 bits per heavy atom. The number of carbonyl (C=O) groups is 2. The van der Waals surface area contributed by atoms with Crippen LogP contribution < -0.4 is 15.1 Å². The molecular formula is C16H19F2N5O3. The Bertz CT molecular complexity index is 734. The van der Waals surface area contributed by atoms with Gasteiger partial charge in [0.1, 0.15) is 18.1 Å². The largest absolute Gasteiger partial charge is 0.442 e. The molecule has 0 radical (unpaired) electrons. The molecule has 3 rings (SSSR count). The van der Waals surface area contributed by atoms with Crippen LogP contribution in [-0.2, 0) is 9.53 Å². The first-order chi connectivity index (χ1) is 12.3. The van der Waals surface area contributed by atoms with E-state index in [1.807, 2.05) is 0 Å². The second kappa shape index (κ2) is 7.14. The van der Waals surface area contributed by atoms with Crippen LogP contribution in [0.1, 0.15) is 6.92 Å². The van der Waals surface area contributed by atoms with Gasteiger partial charge in [-0.2, -0.15) is 5.10 Å². The third-order valence-electron chi connectivity index (χ3n) is 4.11. The van der Waals surface area contributed by atoms with E-state index in [9.17, 15) is 18.4 Å². The van der Waals surface area contributed by atoms with Gasteiger partial charge in [0.2, 0.25) is 5.91 Å². The Kier molecular flexibility index (Phi) is 4.92. The minimum Gasteiger partial charge on any atom is -0.442 e. The number of amides is 2. The van der Waals surface area contributed by atoms with Gasteiger partial charge in [0.05, 0.1) is 25.3 Å².